The first-order valence-corrected chi connectivity index (χ1v) is 8.45. The molecule has 4 heteroatoms. The predicted octanol–water partition coefficient (Wildman–Crippen LogP) is 2.36. The molecule has 0 bridgehead atoms. The number of likely N-dealkylation sites (tertiary alicyclic amines) is 1. The van der Waals surface area contributed by atoms with E-state index >= 15 is 0 Å². The molecular weight excluding hydrogens is 290 g/mol. The summed E-state index contributed by atoms with van der Waals surface area (Å²) in [5.41, 5.74) is 3.84. The highest BCUT2D eigenvalue weighted by Crippen LogP contribution is 2.41. The van der Waals surface area contributed by atoms with Crippen molar-refractivity contribution in [2.45, 2.75) is 26.7 Å². The fraction of sp³-hybridized carbons (Fsp3) is 0.632. The molecule has 2 fully saturated rings. The fourth-order valence-electron chi connectivity index (χ4n) is 4.04. The van der Waals surface area contributed by atoms with Gasteiger partial charge < -0.3 is 14.4 Å². The zero-order valence-electron chi connectivity index (χ0n) is 14.4. The standard InChI is InChI=1S/C19H27NO3/c1-14-4-5-16(15(2)8-14)6-7-18(21)20-9-17-10-23-13-19(17,11-20)12-22-3/h4-5,8,17H,6-7,9-13H2,1-3H3/t17-,19-/m0/s1. The second-order valence-electron chi connectivity index (χ2n) is 7.21. The van der Waals surface area contributed by atoms with Crippen molar-refractivity contribution in [1.29, 1.82) is 0 Å². The molecule has 2 aliphatic heterocycles. The highest BCUT2D eigenvalue weighted by atomic mass is 16.5. The van der Waals surface area contributed by atoms with Crippen LogP contribution in [0.25, 0.3) is 0 Å². The summed E-state index contributed by atoms with van der Waals surface area (Å²) in [4.78, 5) is 14.6. The molecule has 0 spiro atoms. The summed E-state index contributed by atoms with van der Waals surface area (Å²) < 4.78 is 11.0. The van der Waals surface area contributed by atoms with Crippen molar-refractivity contribution in [3.05, 3.63) is 34.9 Å². The van der Waals surface area contributed by atoms with Gasteiger partial charge in [0, 0.05) is 38.0 Å². The lowest BCUT2D eigenvalue weighted by molar-refractivity contribution is -0.131. The van der Waals surface area contributed by atoms with E-state index in [-0.39, 0.29) is 11.3 Å². The molecule has 2 heterocycles. The van der Waals surface area contributed by atoms with Crippen molar-refractivity contribution in [2.24, 2.45) is 11.3 Å². The van der Waals surface area contributed by atoms with E-state index in [0.717, 1.165) is 26.1 Å². The number of benzene rings is 1. The van der Waals surface area contributed by atoms with Crippen LogP contribution in [0, 0.1) is 25.2 Å². The van der Waals surface area contributed by atoms with E-state index in [1.165, 1.54) is 16.7 Å². The number of ether oxygens (including phenoxy) is 2. The van der Waals surface area contributed by atoms with E-state index in [1.807, 2.05) is 4.90 Å². The average Bonchev–Trinajstić information content (AvgIpc) is 3.03. The van der Waals surface area contributed by atoms with E-state index in [2.05, 4.69) is 32.0 Å². The summed E-state index contributed by atoms with van der Waals surface area (Å²) in [6, 6.07) is 6.46. The molecule has 4 nitrogen and oxygen atoms in total. The van der Waals surface area contributed by atoms with Crippen LogP contribution in [-0.4, -0.2) is 50.8 Å². The molecule has 0 unspecified atom stereocenters. The molecule has 2 atom stereocenters. The number of rotatable bonds is 5. The number of fused-ring (bicyclic) bond motifs is 1. The average molecular weight is 317 g/mol. The number of carbonyl (C=O) groups excluding carboxylic acids is 1. The maximum absolute atomic E-state index is 12.6. The summed E-state index contributed by atoms with van der Waals surface area (Å²) in [6.45, 7) is 7.96. The summed E-state index contributed by atoms with van der Waals surface area (Å²) in [6.07, 6.45) is 1.40. The molecule has 2 saturated heterocycles. The van der Waals surface area contributed by atoms with Gasteiger partial charge in [-0.2, -0.15) is 0 Å². The van der Waals surface area contributed by atoms with E-state index in [1.54, 1.807) is 7.11 Å². The van der Waals surface area contributed by atoms with Gasteiger partial charge in [-0.3, -0.25) is 4.79 Å². The molecule has 0 aliphatic carbocycles. The van der Waals surface area contributed by atoms with Crippen LogP contribution in [0.2, 0.25) is 0 Å². The van der Waals surface area contributed by atoms with Crippen molar-refractivity contribution in [1.82, 2.24) is 4.90 Å². The maximum atomic E-state index is 12.6. The van der Waals surface area contributed by atoms with E-state index < -0.39 is 0 Å². The van der Waals surface area contributed by atoms with Crippen LogP contribution < -0.4 is 0 Å². The second-order valence-corrected chi connectivity index (χ2v) is 7.21. The number of carbonyl (C=O) groups is 1. The van der Waals surface area contributed by atoms with Gasteiger partial charge in [-0.05, 0) is 31.4 Å². The Morgan fingerprint density at radius 1 is 1.43 bits per heavy atom. The van der Waals surface area contributed by atoms with Crippen LogP contribution in [0.5, 0.6) is 0 Å². The lowest BCUT2D eigenvalue weighted by atomic mass is 9.82. The number of aryl methyl sites for hydroxylation is 3. The molecule has 1 aromatic rings. The van der Waals surface area contributed by atoms with Crippen LogP contribution in [0.4, 0.5) is 0 Å². The van der Waals surface area contributed by atoms with Crippen LogP contribution in [-0.2, 0) is 20.7 Å². The monoisotopic (exact) mass is 317 g/mol. The first-order chi connectivity index (χ1) is 11.0. The topological polar surface area (TPSA) is 38.8 Å². The van der Waals surface area contributed by atoms with Gasteiger partial charge in [0.1, 0.15) is 0 Å². The minimum absolute atomic E-state index is 0.0180. The molecule has 2 aliphatic rings. The van der Waals surface area contributed by atoms with Gasteiger partial charge in [0.15, 0.2) is 0 Å². The molecule has 1 amide bonds. The Kier molecular flexibility index (Phi) is 4.74. The number of hydrogen-bond donors (Lipinski definition) is 0. The van der Waals surface area contributed by atoms with Gasteiger partial charge in [0.05, 0.1) is 19.8 Å². The summed E-state index contributed by atoms with van der Waals surface area (Å²) in [7, 11) is 1.73. The first kappa shape index (κ1) is 16.5. The SMILES string of the molecule is COC[C@@]12COC[C@@H]1CN(C(=O)CCc1ccc(C)cc1C)C2. The minimum atomic E-state index is 0.0180. The Morgan fingerprint density at radius 2 is 2.26 bits per heavy atom. The zero-order chi connectivity index (χ0) is 16.4. The van der Waals surface area contributed by atoms with Crippen molar-refractivity contribution < 1.29 is 14.3 Å². The lowest BCUT2D eigenvalue weighted by Gasteiger charge is -2.26. The van der Waals surface area contributed by atoms with Crippen molar-refractivity contribution >= 4 is 5.91 Å². The van der Waals surface area contributed by atoms with Gasteiger partial charge >= 0.3 is 0 Å². The van der Waals surface area contributed by atoms with Crippen LogP contribution in [0.15, 0.2) is 18.2 Å². The van der Waals surface area contributed by atoms with Gasteiger partial charge in [-0.1, -0.05) is 23.8 Å². The van der Waals surface area contributed by atoms with E-state index in [9.17, 15) is 4.79 Å². The third-order valence-electron chi connectivity index (χ3n) is 5.41. The Hall–Kier alpha value is -1.39. The van der Waals surface area contributed by atoms with Crippen LogP contribution >= 0.6 is 0 Å². The summed E-state index contributed by atoms with van der Waals surface area (Å²) >= 11 is 0. The largest absolute Gasteiger partial charge is 0.384 e. The molecule has 126 valence electrons. The Bertz CT molecular complexity index is 586. The first-order valence-electron chi connectivity index (χ1n) is 8.45. The molecular formula is C19H27NO3. The van der Waals surface area contributed by atoms with E-state index in [0.29, 0.717) is 25.6 Å². The summed E-state index contributed by atoms with van der Waals surface area (Å²) in [5.74, 6) is 0.683. The Labute approximate surface area is 138 Å². The molecule has 23 heavy (non-hydrogen) atoms. The summed E-state index contributed by atoms with van der Waals surface area (Å²) in [5, 5.41) is 0. The van der Waals surface area contributed by atoms with Crippen molar-refractivity contribution in [3.8, 4) is 0 Å². The van der Waals surface area contributed by atoms with Crippen LogP contribution in [0.1, 0.15) is 23.1 Å². The van der Waals surface area contributed by atoms with E-state index in [4.69, 9.17) is 9.47 Å². The van der Waals surface area contributed by atoms with Crippen molar-refractivity contribution in [2.75, 3.05) is 40.0 Å². The van der Waals surface area contributed by atoms with Gasteiger partial charge in [0.2, 0.25) is 5.91 Å². The third kappa shape index (κ3) is 3.29. The third-order valence-corrected chi connectivity index (χ3v) is 5.41. The molecule has 3 rings (SSSR count). The molecule has 1 aromatic carbocycles. The predicted molar refractivity (Wildman–Crippen MR) is 89.4 cm³/mol. The molecule has 0 saturated carbocycles. The quantitative estimate of drug-likeness (QED) is 0.837. The number of nitrogens with zero attached hydrogens (tertiary/aromatic N) is 1. The highest BCUT2D eigenvalue weighted by Gasteiger charge is 2.51. The van der Waals surface area contributed by atoms with Crippen LogP contribution in [0.3, 0.4) is 0 Å². The zero-order valence-corrected chi connectivity index (χ0v) is 14.4. The van der Waals surface area contributed by atoms with Gasteiger partial charge in [-0.25, -0.2) is 0 Å². The van der Waals surface area contributed by atoms with Gasteiger partial charge in [-0.15, -0.1) is 0 Å². The lowest BCUT2D eigenvalue weighted by Crippen LogP contribution is -2.37. The fourth-order valence-corrected chi connectivity index (χ4v) is 4.04. The van der Waals surface area contributed by atoms with Crippen molar-refractivity contribution in [3.63, 3.8) is 0 Å². The Morgan fingerprint density at radius 3 is 3.00 bits per heavy atom. The number of methoxy groups -OCH3 is 1. The highest BCUT2D eigenvalue weighted by molar-refractivity contribution is 5.77. The molecule has 0 radical (unpaired) electrons. The number of amides is 1. The second kappa shape index (κ2) is 6.62. The minimum Gasteiger partial charge on any atom is -0.384 e. The molecule has 0 aromatic heterocycles. The molecule has 0 N–H and O–H groups in total. The van der Waals surface area contributed by atoms with Gasteiger partial charge in [0.25, 0.3) is 0 Å². The maximum Gasteiger partial charge on any atom is 0.222 e. The normalized spacial score (nSPS) is 26.6. The Balaban J connectivity index is 1.59. The smallest absolute Gasteiger partial charge is 0.222 e. The number of hydrogen-bond acceptors (Lipinski definition) is 3.